The molecule has 0 bridgehead atoms. The summed E-state index contributed by atoms with van der Waals surface area (Å²) in [6.45, 7) is 4.16. The summed E-state index contributed by atoms with van der Waals surface area (Å²) in [5.41, 5.74) is 6.85. The van der Waals surface area contributed by atoms with Crippen molar-refractivity contribution in [3.05, 3.63) is 34.1 Å². The summed E-state index contributed by atoms with van der Waals surface area (Å²) in [7, 11) is 0. The molecule has 0 aliphatic heterocycles. The Morgan fingerprint density at radius 3 is 2.64 bits per heavy atom. The first kappa shape index (κ1) is 11.7. The molecule has 0 aliphatic rings. The van der Waals surface area contributed by atoms with Crippen molar-refractivity contribution >= 4 is 15.9 Å². The molecule has 2 atom stereocenters. The lowest BCUT2D eigenvalue weighted by Gasteiger charge is -2.18. The molecule has 1 rings (SSSR count). The Morgan fingerprint density at radius 2 is 2.14 bits per heavy atom. The highest BCUT2D eigenvalue weighted by Gasteiger charge is 2.14. The second-order valence-corrected chi connectivity index (χ2v) is 4.44. The van der Waals surface area contributed by atoms with Gasteiger partial charge in [0.05, 0.1) is 4.47 Å². The van der Waals surface area contributed by atoms with Gasteiger partial charge in [0, 0.05) is 6.04 Å². The fourth-order valence-electron chi connectivity index (χ4n) is 1.30. The van der Waals surface area contributed by atoms with Crippen LogP contribution in [0.15, 0.2) is 22.7 Å². The fraction of sp³-hybridized carbons (Fsp3) is 0.455. The lowest BCUT2D eigenvalue weighted by Crippen LogP contribution is -2.18. The van der Waals surface area contributed by atoms with E-state index in [1.807, 2.05) is 6.07 Å². The molecule has 2 N–H and O–H groups in total. The Bertz CT molecular complexity index is 314. The lowest BCUT2D eigenvalue weighted by atomic mass is 9.93. The quantitative estimate of drug-likeness (QED) is 0.882. The first-order chi connectivity index (χ1) is 6.56. The second-order valence-electron chi connectivity index (χ2n) is 3.58. The Kier molecular flexibility index (Phi) is 4.08. The molecule has 0 aliphatic carbocycles. The van der Waals surface area contributed by atoms with E-state index < -0.39 is 0 Å². The number of hydrogen-bond acceptors (Lipinski definition) is 1. The molecule has 0 amide bonds. The van der Waals surface area contributed by atoms with E-state index in [9.17, 15) is 4.39 Å². The third kappa shape index (κ3) is 2.55. The molecule has 0 saturated carbocycles. The minimum Gasteiger partial charge on any atom is -0.324 e. The Labute approximate surface area is 92.6 Å². The van der Waals surface area contributed by atoms with Gasteiger partial charge in [-0.1, -0.05) is 26.3 Å². The van der Waals surface area contributed by atoms with Gasteiger partial charge in [-0.3, -0.25) is 0 Å². The summed E-state index contributed by atoms with van der Waals surface area (Å²) in [4.78, 5) is 0. The number of hydrogen-bond donors (Lipinski definition) is 1. The van der Waals surface area contributed by atoms with E-state index in [1.54, 1.807) is 6.07 Å². The average molecular weight is 260 g/mol. The van der Waals surface area contributed by atoms with Crippen molar-refractivity contribution in [1.82, 2.24) is 0 Å². The highest BCUT2D eigenvalue weighted by molar-refractivity contribution is 9.10. The Hall–Kier alpha value is -0.410. The van der Waals surface area contributed by atoms with Crippen LogP contribution in [-0.4, -0.2) is 0 Å². The van der Waals surface area contributed by atoms with Crippen molar-refractivity contribution in [1.29, 1.82) is 0 Å². The summed E-state index contributed by atoms with van der Waals surface area (Å²) in [6, 6.07) is 4.99. The zero-order chi connectivity index (χ0) is 10.7. The van der Waals surface area contributed by atoms with Gasteiger partial charge in [-0.2, -0.15) is 0 Å². The van der Waals surface area contributed by atoms with Crippen LogP contribution in [0.1, 0.15) is 31.9 Å². The van der Waals surface area contributed by atoms with Crippen molar-refractivity contribution in [3.63, 3.8) is 0 Å². The van der Waals surface area contributed by atoms with Gasteiger partial charge >= 0.3 is 0 Å². The summed E-state index contributed by atoms with van der Waals surface area (Å²) < 4.78 is 13.7. The number of benzene rings is 1. The molecule has 0 aromatic heterocycles. The van der Waals surface area contributed by atoms with E-state index in [0.717, 1.165) is 12.0 Å². The number of halogens is 2. The number of nitrogens with two attached hydrogens (primary N) is 1. The molecule has 0 heterocycles. The highest BCUT2D eigenvalue weighted by atomic mass is 79.9. The minimum atomic E-state index is -0.249. The molecule has 1 aromatic carbocycles. The van der Waals surface area contributed by atoms with Crippen molar-refractivity contribution in [2.75, 3.05) is 0 Å². The lowest BCUT2D eigenvalue weighted by molar-refractivity contribution is 0.454. The molecule has 3 heteroatoms. The monoisotopic (exact) mass is 259 g/mol. The molecule has 0 spiro atoms. The predicted molar refractivity (Wildman–Crippen MR) is 60.5 cm³/mol. The van der Waals surface area contributed by atoms with E-state index >= 15 is 0 Å². The van der Waals surface area contributed by atoms with Crippen molar-refractivity contribution in [3.8, 4) is 0 Å². The van der Waals surface area contributed by atoms with Crippen LogP contribution in [0.4, 0.5) is 4.39 Å². The van der Waals surface area contributed by atoms with Gasteiger partial charge in [-0.25, -0.2) is 4.39 Å². The topological polar surface area (TPSA) is 26.0 Å². The molecule has 1 aromatic rings. The maximum atomic E-state index is 13.2. The minimum absolute atomic E-state index is 0.0809. The second kappa shape index (κ2) is 4.89. The van der Waals surface area contributed by atoms with Gasteiger partial charge in [0.25, 0.3) is 0 Å². The Morgan fingerprint density at radius 1 is 1.50 bits per heavy atom. The van der Waals surface area contributed by atoms with Crippen LogP contribution in [0.2, 0.25) is 0 Å². The van der Waals surface area contributed by atoms with Gasteiger partial charge in [-0.15, -0.1) is 0 Å². The van der Waals surface area contributed by atoms with Crippen LogP contribution in [-0.2, 0) is 0 Å². The van der Waals surface area contributed by atoms with Gasteiger partial charge in [0.15, 0.2) is 0 Å². The summed E-state index contributed by atoms with van der Waals surface area (Å²) >= 11 is 3.12. The molecule has 14 heavy (non-hydrogen) atoms. The zero-order valence-electron chi connectivity index (χ0n) is 8.43. The normalized spacial score (nSPS) is 15.2. The highest BCUT2D eigenvalue weighted by Crippen LogP contribution is 2.25. The molecule has 1 nitrogen and oxygen atoms in total. The molecule has 0 fully saturated rings. The van der Waals surface area contributed by atoms with Crippen LogP contribution in [0.5, 0.6) is 0 Å². The van der Waals surface area contributed by atoms with Gasteiger partial charge in [0.1, 0.15) is 5.82 Å². The zero-order valence-corrected chi connectivity index (χ0v) is 10.0. The molecular formula is C11H15BrFN. The molecular weight excluding hydrogens is 245 g/mol. The SMILES string of the molecule is CCC(C)[C@@H](N)c1ccc(Br)c(F)c1. The first-order valence-corrected chi connectivity index (χ1v) is 5.56. The van der Waals surface area contributed by atoms with Crippen LogP contribution in [0, 0.1) is 11.7 Å². The maximum Gasteiger partial charge on any atom is 0.137 e. The number of rotatable bonds is 3. The summed E-state index contributed by atoms with van der Waals surface area (Å²) in [6.07, 6.45) is 0.999. The smallest absolute Gasteiger partial charge is 0.137 e. The van der Waals surface area contributed by atoms with Gasteiger partial charge in [0.2, 0.25) is 0 Å². The van der Waals surface area contributed by atoms with E-state index in [-0.39, 0.29) is 11.9 Å². The largest absolute Gasteiger partial charge is 0.324 e. The van der Waals surface area contributed by atoms with Crippen molar-refractivity contribution in [2.24, 2.45) is 11.7 Å². The molecule has 78 valence electrons. The molecule has 0 radical (unpaired) electrons. The fourth-order valence-corrected chi connectivity index (χ4v) is 1.55. The van der Waals surface area contributed by atoms with Crippen LogP contribution >= 0.6 is 15.9 Å². The van der Waals surface area contributed by atoms with Crippen LogP contribution in [0.3, 0.4) is 0 Å². The van der Waals surface area contributed by atoms with E-state index in [2.05, 4.69) is 29.8 Å². The van der Waals surface area contributed by atoms with Gasteiger partial charge < -0.3 is 5.73 Å². The Balaban J connectivity index is 2.91. The van der Waals surface area contributed by atoms with E-state index in [1.165, 1.54) is 6.07 Å². The molecule has 0 saturated heterocycles. The van der Waals surface area contributed by atoms with Crippen LogP contribution < -0.4 is 5.73 Å². The summed E-state index contributed by atoms with van der Waals surface area (Å²) in [5, 5.41) is 0. The van der Waals surface area contributed by atoms with Crippen molar-refractivity contribution in [2.45, 2.75) is 26.3 Å². The van der Waals surface area contributed by atoms with E-state index in [0.29, 0.717) is 10.4 Å². The molecule has 1 unspecified atom stereocenters. The third-order valence-electron chi connectivity index (χ3n) is 2.59. The standard InChI is InChI=1S/C11H15BrFN/c1-3-7(2)11(14)8-4-5-9(12)10(13)6-8/h4-7,11H,3,14H2,1-2H3/t7?,11-/m1/s1. The van der Waals surface area contributed by atoms with Gasteiger partial charge in [-0.05, 0) is 39.5 Å². The average Bonchev–Trinajstić information content (AvgIpc) is 2.20. The predicted octanol–water partition coefficient (Wildman–Crippen LogP) is 3.63. The van der Waals surface area contributed by atoms with Crippen LogP contribution in [0.25, 0.3) is 0 Å². The van der Waals surface area contributed by atoms with E-state index in [4.69, 9.17) is 5.73 Å². The van der Waals surface area contributed by atoms with Crippen molar-refractivity contribution < 1.29 is 4.39 Å². The maximum absolute atomic E-state index is 13.2. The summed E-state index contributed by atoms with van der Waals surface area (Å²) in [5.74, 6) is 0.122. The first-order valence-electron chi connectivity index (χ1n) is 4.76. The third-order valence-corrected chi connectivity index (χ3v) is 3.23.